The predicted octanol–water partition coefficient (Wildman–Crippen LogP) is 4.76. The number of anilines is 2. The van der Waals surface area contributed by atoms with Gasteiger partial charge in [0, 0.05) is 16.2 Å². The Balaban J connectivity index is 2.07. The van der Waals surface area contributed by atoms with Crippen LogP contribution in [0.1, 0.15) is 0 Å². The normalized spacial score (nSPS) is 9.95. The van der Waals surface area contributed by atoms with Gasteiger partial charge in [-0.25, -0.2) is 4.79 Å². The second-order valence-electron chi connectivity index (χ2n) is 3.94. The zero-order valence-electron chi connectivity index (χ0n) is 10.6. The SMILES string of the molecule is COc1cccc(NC(=O)Nc2cc(Br)ccc2Cl)c1. The molecule has 0 fully saturated rings. The fourth-order valence-corrected chi connectivity index (χ4v) is 2.10. The Bertz CT molecular complexity index is 634. The molecule has 0 aliphatic carbocycles. The molecule has 6 heteroatoms. The van der Waals surface area contributed by atoms with E-state index in [2.05, 4.69) is 26.6 Å². The summed E-state index contributed by atoms with van der Waals surface area (Å²) in [5, 5.41) is 5.86. The third-order valence-electron chi connectivity index (χ3n) is 2.50. The van der Waals surface area contributed by atoms with E-state index in [0.717, 1.165) is 4.47 Å². The summed E-state index contributed by atoms with van der Waals surface area (Å²) in [5.74, 6) is 0.670. The molecule has 20 heavy (non-hydrogen) atoms. The molecule has 0 unspecified atom stereocenters. The van der Waals surface area contributed by atoms with Crippen molar-refractivity contribution in [1.82, 2.24) is 0 Å². The van der Waals surface area contributed by atoms with E-state index in [-0.39, 0.29) is 6.03 Å². The first-order valence-corrected chi connectivity index (χ1v) is 6.92. The fraction of sp³-hybridized carbons (Fsp3) is 0.0714. The van der Waals surface area contributed by atoms with Crippen LogP contribution in [-0.4, -0.2) is 13.1 Å². The van der Waals surface area contributed by atoms with Crippen molar-refractivity contribution in [1.29, 1.82) is 0 Å². The van der Waals surface area contributed by atoms with Gasteiger partial charge in [0.25, 0.3) is 0 Å². The molecule has 2 rings (SSSR count). The molecular formula is C14H12BrClN2O2. The molecule has 104 valence electrons. The van der Waals surface area contributed by atoms with E-state index in [0.29, 0.717) is 22.1 Å². The van der Waals surface area contributed by atoms with E-state index in [9.17, 15) is 4.79 Å². The highest BCUT2D eigenvalue weighted by Crippen LogP contribution is 2.26. The molecule has 2 aromatic carbocycles. The van der Waals surface area contributed by atoms with Gasteiger partial charge in [-0.2, -0.15) is 0 Å². The van der Waals surface area contributed by atoms with Gasteiger partial charge >= 0.3 is 6.03 Å². The van der Waals surface area contributed by atoms with E-state index >= 15 is 0 Å². The monoisotopic (exact) mass is 354 g/mol. The predicted molar refractivity (Wildman–Crippen MR) is 84.8 cm³/mol. The first-order valence-electron chi connectivity index (χ1n) is 5.75. The molecule has 0 atom stereocenters. The Hall–Kier alpha value is -1.72. The quantitative estimate of drug-likeness (QED) is 0.834. The van der Waals surface area contributed by atoms with Crippen LogP contribution in [0.5, 0.6) is 5.75 Å². The van der Waals surface area contributed by atoms with Crippen LogP contribution in [0.3, 0.4) is 0 Å². The summed E-state index contributed by atoms with van der Waals surface area (Å²) >= 11 is 9.33. The van der Waals surface area contributed by atoms with Gasteiger partial charge in [0.05, 0.1) is 17.8 Å². The van der Waals surface area contributed by atoms with E-state index in [1.54, 1.807) is 49.6 Å². The number of carbonyl (C=O) groups is 1. The van der Waals surface area contributed by atoms with Gasteiger partial charge in [-0.05, 0) is 30.3 Å². The molecular weight excluding hydrogens is 344 g/mol. The van der Waals surface area contributed by atoms with Crippen molar-refractivity contribution in [2.45, 2.75) is 0 Å². The molecule has 0 bridgehead atoms. The van der Waals surface area contributed by atoms with Gasteiger partial charge in [0.1, 0.15) is 5.75 Å². The van der Waals surface area contributed by atoms with E-state index in [1.807, 2.05) is 0 Å². The zero-order valence-corrected chi connectivity index (χ0v) is 13.0. The van der Waals surface area contributed by atoms with Crippen LogP contribution in [0.15, 0.2) is 46.9 Å². The number of rotatable bonds is 3. The van der Waals surface area contributed by atoms with Crippen LogP contribution in [0.25, 0.3) is 0 Å². The van der Waals surface area contributed by atoms with E-state index in [1.165, 1.54) is 0 Å². The Morgan fingerprint density at radius 2 is 2.00 bits per heavy atom. The van der Waals surface area contributed by atoms with Crippen molar-refractivity contribution >= 4 is 44.9 Å². The van der Waals surface area contributed by atoms with Crippen molar-refractivity contribution < 1.29 is 9.53 Å². The molecule has 0 aromatic heterocycles. The van der Waals surface area contributed by atoms with Gasteiger partial charge in [-0.15, -0.1) is 0 Å². The Labute approximate surface area is 130 Å². The molecule has 0 saturated heterocycles. The van der Waals surface area contributed by atoms with Crippen LogP contribution in [0.4, 0.5) is 16.2 Å². The summed E-state index contributed by atoms with van der Waals surface area (Å²) in [7, 11) is 1.57. The second-order valence-corrected chi connectivity index (χ2v) is 5.26. The highest BCUT2D eigenvalue weighted by molar-refractivity contribution is 9.10. The first-order chi connectivity index (χ1) is 9.58. The molecule has 2 amide bonds. The summed E-state index contributed by atoms with van der Waals surface area (Å²) in [6, 6.07) is 11.9. The molecule has 0 heterocycles. The minimum atomic E-state index is -0.377. The summed E-state index contributed by atoms with van der Waals surface area (Å²) < 4.78 is 5.92. The van der Waals surface area contributed by atoms with Crippen LogP contribution >= 0.6 is 27.5 Å². The molecule has 0 aliphatic heterocycles. The number of benzene rings is 2. The maximum Gasteiger partial charge on any atom is 0.323 e. The Kier molecular flexibility index (Phi) is 4.87. The number of amides is 2. The average molecular weight is 356 g/mol. The summed E-state index contributed by atoms with van der Waals surface area (Å²) in [5.41, 5.74) is 1.16. The smallest absolute Gasteiger partial charge is 0.323 e. The van der Waals surface area contributed by atoms with Crippen molar-refractivity contribution in [2.75, 3.05) is 17.7 Å². The van der Waals surface area contributed by atoms with Crippen LogP contribution in [0, 0.1) is 0 Å². The van der Waals surface area contributed by atoms with Crippen molar-refractivity contribution in [2.24, 2.45) is 0 Å². The number of nitrogens with one attached hydrogen (secondary N) is 2. The summed E-state index contributed by atoms with van der Waals surface area (Å²) in [6.45, 7) is 0. The first kappa shape index (κ1) is 14.7. The third kappa shape index (κ3) is 3.88. The highest BCUT2D eigenvalue weighted by atomic mass is 79.9. The number of halogens is 2. The molecule has 0 spiro atoms. The van der Waals surface area contributed by atoms with Gasteiger partial charge in [-0.1, -0.05) is 33.6 Å². The number of hydrogen-bond donors (Lipinski definition) is 2. The largest absolute Gasteiger partial charge is 0.497 e. The molecule has 0 aliphatic rings. The lowest BCUT2D eigenvalue weighted by atomic mass is 10.3. The minimum Gasteiger partial charge on any atom is -0.497 e. The van der Waals surface area contributed by atoms with Gasteiger partial charge in [0.15, 0.2) is 0 Å². The average Bonchev–Trinajstić information content (AvgIpc) is 2.43. The fourth-order valence-electron chi connectivity index (χ4n) is 1.58. The second kappa shape index (κ2) is 6.63. The lowest BCUT2D eigenvalue weighted by Gasteiger charge is -2.10. The molecule has 4 nitrogen and oxygen atoms in total. The number of urea groups is 1. The number of ether oxygens (including phenoxy) is 1. The van der Waals surface area contributed by atoms with E-state index < -0.39 is 0 Å². The molecule has 2 aromatic rings. The number of hydrogen-bond acceptors (Lipinski definition) is 2. The third-order valence-corrected chi connectivity index (χ3v) is 3.33. The van der Waals surface area contributed by atoms with Gasteiger partial charge < -0.3 is 15.4 Å². The van der Waals surface area contributed by atoms with Gasteiger partial charge in [-0.3, -0.25) is 0 Å². The Morgan fingerprint density at radius 3 is 2.75 bits per heavy atom. The van der Waals surface area contributed by atoms with Crippen molar-refractivity contribution in [3.63, 3.8) is 0 Å². The molecule has 0 radical (unpaired) electrons. The standard InChI is InChI=1S/C14H12BrClN2O2/c1-20-11-4-2-3-10(8-11)17-14(19)18-13-7-9(15)5-6-12(13)16/h2-8H,1H3,(H2,17,18,19). The maximum absolute atomic E-state index is 11.9. The van der Waals surface area contributed by atoms with Crippen LogP contribution < -0.4 is 15.4 Å². The molecule has 2 N–H and O–H groups in total. The maximum atomic E-state index is 11.9. The summed E-state index contributed by atoms with van der Waals surface area (Å²) in [4.78, 5) is 11.9. The topological polar surface area (TPSA) is 50.4 Å². The van der Waals surface area contributed by atoms with Crippen LogP contribution in [-0.2, 0) is 0 Å². The van der Waals surface area contributed by atoms with Crippen molar-refractivity contribution in [3.8, 4) is 5.75 Å². The molecule has 0 saturated carbocycles. The number of carbonyl (C=O) groups excluding carboxylic acids is 1. The van der Waals surface area contributed by atoms with E-state index in [4.69, 9.17) is 16.3 Å². The van der Waals surface area contributed by atoms with Gasteiger partial charge in [0.2, 0.25) is 0 Å². The number of methoxy groups -OCH3 is 1. The summed E-state index contributed by atoms with van der Waals surface area (Å²) in [6.07, 6.45) is 0. The highest BCUT2D eigenvalue weighted by Gasteiger charge is 2.07. The zero-order chi connectivity index (χ0) is 14.5. The minimum absolute atomic E-state index is 0.377. The Morgan fingerprint density at radius 1 is 1.20 bits per heavy atom. The van der Waals surface area contributed by atoms with Crippen molar-refractivity contribution in [3.05, 3.63) is 52.0 Å². The lowest BCUT2D eigenvalue weighted by molar-refractivity contribution is 0.262. The lowest BCUT2D eigenvalue weighted by Crippen LogP contribution is -2.19. The van der Waals surface area contributed by atoms with Crippen LogP contribution in [0.2, 0.25) is 5.02 Å².